The molecule has 120 valence electrons. The molecule has 0 saturated heterocycles. The Bertz CT molecular complexity index is 791. The number of aromatic nitrogens is 2. The summed E-state index contributed by atoms with van der Waals surface area (Å²) in [6.07, 6.45) is 1.98. The fraction of sp³-hybridized carbons (Fsp3) is 0.0556. The van der Waals surface area contributed by atoms with Crippen LogP contribution in [-0.4, -0.2) is 22.0 Å². The van der Waals surface area contributed by atoms with Gasteiger partial charge >= 0.3 is 12.1 Å². The molecule has 6 nitrogen and oxygen atoms in total. The average Bonchev–Trinajstić information content (AvgIpc) is 3.12. The van der Waals surface area contributed by atoms with Crippen molar-refractivity contribution in [1.29, 1.82) is 0 Å². The van der Waals surface area contributed by atoms with Crippen LogP contribution in [0.4, 0.5) is 4.79 Å². The molecule has 0 unspecified atom stereocenters. The third-order valence-electron chi connectivity index (χ3n) is 3.77. The third-order valence-corrected chi connectivity index (χ3v) is 3.77. The number of hydrogen-bond acceptors (Lipinski definition) is 4. The fourth-order valence-electron chi connectivity index (χ4n) is 2.79. The molecule has 0 aliphatic heterocycles. The van der Waals surface area contributed by atoms with Crippen molar-refractivity contribution in [2.24, 2.45) is 5.73 Å². The number of carbonyl (C=O) groups excluding carboxylic acids is 2. The summed E-state index contributed by atoms with van der Waals surface area (Å²) < 4.78 is 4.79. The number of carbonyl (C=O) groups is 2. The van der Waals surface area contributed by atoms with Crippen molar-refractivity contribution in [3.05, 3.63) is 90.0 Å². The third kappa shape index (κ3) is 2.54. The number of benzene rings is 2. The van der Waals surface area contributed by atoms with Crippen LogP contribution in [0.1, 0.15) is 17.0 Å². The summed E-state index contributed by atoms with van der Waals surface area (Å²) in [5, 5.41) is 0. The summed E-state index contributed by atoms with van der Waals surface area (Å²) in [7, 11) is 0. The fourth-order valence-corrected chi connectivity index (χ4v) is 2.79. The number of aromatic amines is 1. The molecule has 0 spiro atoms. The molecule has 3 aromatic rings. The monoisotopic (exact) mass is 321 g/mol. The molecule has 0 bridgehead atoms. The van der Waals surface area contributed by atoms with E-state index in [0.717, 1.165) is 0 Å². The quantitative estimate of drug-likeness (QED) is 0.569. The molecule has 0 saturated carbocycles. The molecular weight excluding hydrogens is 306 g/mol. The number of primary amides is 1. The van der Waals surface area contributed by atoms with Gasteiger partial charge in [-0.3, -0.25) is 0 Å². The highest BCUT2D eigenvalue weighted by atomic mass is 16.6. The van der Waals surface area contributed by atoms with Gasteiger partial charge in [0.2, 0.25) is 0 Å². The molecule has 0 atom stereocenters. The van der Waals surface area contributed by atoms with Gasteiger partial charge in [0.1, 0.15) is 5.82 Å². The first-order valence-corrected chi connectivity index (χ1v) is 7.28. The summed E-state index contributed by atoms with van der Waals surface area (Å²) in [5.41, 5.74) is 4.87. The van der Waals surface area contributed by atoms with E-state index in [0.29, 0.717) is 17.0 Å². The van der Waals surface area contributed by atoms with Crippen molar-refractivity contribution in [2.75, 3.05) is 0 Å². The lowest BCUT2D eigenvalue weighted by atomic mass is 9.73. The molecule has 3 N–H and O–H groups in total. The lowest BCUT2D eigenvalue weighted by Crippen LogP contribution is -2.42. The second-order valence-corrected chi connectivity index (χ2v) is 5.13. The molecule has 3 rings (SSSR count). The summed E-state index contributed by atoms with van der Waals surface area (Å²) in [5.74, 6) is -0.478. The maximum absolute atomic E-state index is 13.0. The molecule has 0 fully saturated rings. The number of rotatable bonds is 4. The Kier molecular flexibility index (Phi) is 4.11. The maximum atomic E-state index is 13.0. The van der Waals surface area contributed by atoms with Gasteiger partial charge in [-0.05, 0) is 11.1 Å². The molecule has 24 heavy (non-hydrogen) atoms. The summed E-state index contributed by atoms with van der Waals surface area (Å²) >= 11 is 0. The number of imidazole rings is 1. The Morgan fingerprint density at radius 3 is 1.92 bits per heavy atom. The zero-order chi connectivity index (χ0) is 17.0. The minimum atomic E-state index is -1.43. The van der Waals surface area contributed by atoms with Crippen molar-refractivity contribution < 1.29 is 14.3 Å². The second kappa shape index (κ2) is 6.37. The van der Waals surface area contributed by atoms with Crippen LogP contribution in [0.25, 0.3) is 0 Å². The SMILES string of the molecule is NC(=O)OC(=O)C(c1ccccc1)(c1ccccc1)c1ncc[nH]1. The molecule has 1 heterocycles. The largest absolute Gasteiger partial charge is 0.412 e. The standard InChI is InChI=1S/C18H15N3O3/c19-17(23)24-16(22)18(15-20-11-12-21-15,13-7-3-1-4-8-13)14-9-5-2-6-10-14/h1-12H,(H2,19,23)(H,20,21). The van der Waals surface area contributed by atoms with Gasteiger partial charge in [-0.25, -0.2) is 14.6 Å². The minimum absolute atomic E-state index is 0.339. The van der Waals surface area contributed by atoms with Crippen molar-refractivity contribution in [1.82, 2.24) is 9.97 Å². The zero-order valence-electron chi connectivity index (χ0n) is 12.7. The van der Waals surface area contributed by atoms with Crippen LogP contribution in [0, 0.1) is 0 Å². The number of amides is 1. The van der Waals surface area contributed by atoms with Gasteiger partial charge in [-0.15, -0.1) is 0 Å². The average molecular weight is 321 g/mol. The topological polar surface area (TPSA) is 98.1 Å². The first-order chi connectivity index (χ1) is 11.7. The molecule has 0 aliphatic rings. The van der Waals surface area contributed by atoms with Gasteiger partial charge in [-0.1, -0.05) is 60.7 Å². The predicted octanol–water partition coefficient (Wildman–Crippen LogP) is 2.37. The molecule has 1 amide bonds. The van der Waals surface area contributed by atoms with Crippen LogP contribution >= 0.6 is 0 Å². The minimum Gasteiger partial charge on any atom is -0.375 e. The van der Waals surface area contributed by atoms with Gasteiger partial charge in [0.25, 0.3) is 0 Å². The zero-order valence-corrected chi connectivity index (χ0v) is 12.7. The van der Waals surface area contributed by atoms with E-state index in [-0.39, 0.29) is 0 Å². The van der Waals surface area contributed by atoms with Gasteiger partial charge < -0.3 is 15.5 Å². The smallest absolute Gasteiger partial charge is 0.375 e. The van der Waals surface area contributed by atoms with Crippen molar-refractivity contribution in [3.8, 4) is 0 Å². The number of nitrogens with one attached hydrogen (secondary N) is 1. The Labute approximate surface area is 138 Å². The first-order valence-electron chi connectivity index (χ1n) is 7.28. The second-order valence-electron chi connectivity index (χ2n) is 5.13. The van der Waals surface area contributed by atoms with Gasteiger partial charge in [-0.2, -0.15) is 0 Å². The number of H-pyrrole nitrogens is 1. The number of ether oxygens (including phenoxy) is 1. The van der Waals surface area contributed by atoms with E-state index < -0.39 is 17.5 Å². The van der Waals surface area contributed by atoms with E-state index in [1.807, 2.05) is 12.1 Å². The maximum Gasteiger partial charge on any atom is 0.412 e. The predicted molar refractivity (Wildman–Crippen MR) is 87.0 cm³/mol. The summed E-state index contributed by atoms with van der Waals surface area (Å²) in [6.45, 7) is 0. The van der Waals surface area contributed by atoms with Crippen molar-refractivity contribution >= 4 is 12.1 Å². The van der Waals surface area contributed by atoms with Crippen LogP contribution in [0.15, 0.2) is 73.1 Å². The van der Waals surface area contributed by atoms with E-state index >= 15 is 0 Å². The Balaban J connectivity index is 2.33. The molecule has 0 radical (unpaired) electrons. The highest BCUT2D eigenvalue weighted by Gasteiger charge is 2.48. The van der Waals surface area contributed by atoms with E-state index in [1.54, 1.807) is 54.7 Å². The highest BCUT2D eigenvalue weighted by Crippen LogP contribution is 2.38. The van der Waals surface area contributed by atoms with Crippen LogP contribution in [0.5, 0.6) is 0 Å². The van der Waals surface area contributed by atoms with Gasteiger partial charge in [0.05, 0.1) is 0 Å². The van der Waals surface area contributed by atoms with Crippen LogP contribution < -0.4 is 5.73 Å². The summed E-state index contributed by atoms with van der Waals surface area (Å²) in [4.78, 5) is 31.5. The lowest BCUT2D eigenvalue weighted by Gasteiger charge is -2.30. The molecule has 6 heteroatoms. The molecule has 2 aromatic carbocycles. The highest BCUT2D eigenvalue weighted by molar-refractivity contribution is 5.96. The van der Waals surface area contributed by atoms with Crippen molar-refractivity contribution in [2.45, 2.75) is 5.41 Å². The first kappa shape index (κ1) is 15.5. The number of nitrogens with two attached hydrogens (primary N) is 1. The Hall–Kier alpha value is -3.41. The van der Waals surface area contributed by atoms with E-state index in [1.165, 1.54) is 6.20 Å². The number of nitrogens with zero attached hydrogens (tertiary/aromatic N) is 1. The Morgan fingerprint density at radius 1 is 0.958 bits per heavy atom. The van der Waals surface area contributed by atoms with Crippen LogP contribution in [-0.2, 0) is 14.9 Å². The normalized spacial score (nSPS) is 11.0. The van der Waals surface area contributed by atoms with Gasteiger partial charge in [0.15, 0.2) is 5.41 Å². The number of esters is 1. The van der Waals surface area contributed by atoms with E-state index in [4.69, 9.17) is 10.5 Å². The number of hydrogen-bond donors (Lipinski definition) is 2. The Morgan fingerprint density at radius 2 is 1.50 bits per heavy atom. The van der Waals surface area contributed by atoms with E-state index in [2.05, 4.69) is 9.97 Å². The molecular formula is C18H15N3O3. The van der Waals surface area contributed by atoms with Crippen molar-refractivity contribution in [3.63, 3.8) is 0 Å². The molecule has 1 aromatic heterocycles. The van der Waals surface area contributed by atoms with Crippen LogP contribution in [0.2, 0.25) is 0 Å². The van der Waals surface area contributed by atoms with Gasteiger partial charge in [0, 0.05) is 12.4 Å². The molecule has 0 aliphatic carbocycles. The van der Waals surface area contributed by atoms with E-state index in [9.17, 15) is 9.59 Å². The van der Waals surface area contributed by atoms with Crippen LogP contribution in [0.3, 0.4) is 0 Å². The lowest BCUT2D eigenvalue weighted by molar-refractivity contribution is -0.140. The summed E-state index contributed by atoms with van der Waals surface area (Å²) in [6, 6.07) is 18.0.